The van der Waals surface area contributed by atoms with Crippen LogP contribution in [0.15, 0.2) is 27.9 Å². The van der Waals surface area contributed by atoms with Crippen LogP contribution < -0.4 is 5.43 Å². The first-order valence-electron chi connectivity index (χ1n) is 3.62. The predicted molar refractivity (Wildman–Crippen MR) is 42.6 cm³/mol. The van der Waals surface area contributed by atoms with Crippen LogP contribution in [0.4, 0.5) is 0 Å². The Bertz CT molecular complexity index is 266. The summed E-state index contributed by atoms with van der Waals surface area (Å²) in [5, 5.41) is 3.96. The molecule has 1 atom stereocenters. The summed E-state index contributed by atoms with van der Waals surface area (Å²) in [5.74, 6) is 0.964. The second-order valence-corrected chi connectivity index (χ2v) is 2.99. The average Bonchev–Trinajstić information content (AvgIpc) is 2.55. The second-order valence-electron chi connectivity index (χ2n) is 2.99. The molecule has 11 heavy (non-hydrogen) atoms. The van der Waals surface area contributed by atoms with Crippen molar-refractivity contribution in [2.75, 3.05) is 6.54 Å². The van der Waals surface area contributed by atoms with Crippen LogP contribution in [0.25, 0.3) is 0 Å². The lowest BCUT2D eigenvalue weighted by Crippen LogP contribution is -2.27. The SMILES string of the molecule is CC1(c2ccco2)C=NNC1. The normalized spacial score (nSPS) is 28.8. The third-order valence-corrected chi connectivity index (χ3v) is 1.97. The Morgan fingerprint density at radius 1 is 1.73 bits per heavy atom. The first-order chi connectivity index (χ1) is 5.31. The smallest absolute Gasteiger partial charge is 0.116 e. The van der Waals surface area contributed by atoms with Gasteiger partial charge in [-0.25, -0.2) is 0 Å². The molecule has 1 aromatic rings. The Hall–Kier alpha value is -1.25. The first kappa shape index (κ1) is 6.46. The van der Waals surface area contributed by atoms with Gasteiger partial charge < -0.3 is 9.84 Å². The van der Waals surface area contributed by atoms with Crippen molar-refractivity contribution in [1.29, 1.82) is 0 Å². The van der Waals surface area contributed by atoms with Crippen LogP contribution in [0.1, 0.15) is 12.7 Å². The fourth-order valence-electron chi connectivity index (χ4n) is 1.20. The maximum atomic E-state index is 5.29. The molecule has 1 unspecified atom stereocenters. The molecule has 0 amide bonds. The molecule has 0 saturated carbocycles. The summed E-state index contributed by atoms with van der Waals surface area (Å²) < 4.78 is 5.29. The summed E-state index contributed by atoms with van der Waals surface area (Å²) in [6.07, 6.45) is 3.57. The van der Waals surface area contributed by atoms with E-state index in [-0.39, 0.29) is 5.41 Å². The number of hydrazone groups is 1. The fourth-order valence-corrected chi connectivity index (χ4v) is 1.20. The fraction of sp³-hybridized carbons (Fsp3) is 0.375. The van der Waals surface area contributed by atoms with Crippen molar-refractivity contribution >= 4 is 6.21 Å². The lowest BCUT2D eigenvalue weighted by molar-refractivity contribution is 0.439. The minimum atomic E-state index is -0.0521. The van der Waals surface area contributed by atoms with Crippen LogP contribution >= 0.6 is 0 Å². The van der Waals surface area contributed by atoms with Crippen LogP contribution in [0.3, 0.4) is 0 Å². The summed E-state index contributed by atoms with van der Waals surface area (Å²) in [6, 6.07) is 3.87. The van der Waals surface area contributed by atoms with Gasteiger partial charge in [-0.3, -0.25) is 0 Å². The van der Waals surface area contributed by atoms with Crippen molar-refractivity contribution in [3.05, 3.63) is 24.2 Å². The highest BCUT2D eigenvalue weighted by molar-refractivity contribution is 5.73. The van der Waals surface area contributed by atoms with Crippen LogP contribution in [-0.2, 0) is 5.41 Å². The number of nitrogens with zero attached hydrogens (tertiary/aromatic N) is 1. The summed E-state index contributed by atoms with van der Waals surface area (Å²) in [5.41, 5.74) is 2.86. The summed E-state index contributed by atoms with van der Waals surface area (Å²) >= 11 is 0. The number of furan rings is 1. The Balaban J connectivity index is 2.35. The van der Waals surface area contributed by atoms with Crippen LogP contribution in [0.5, 0.6) is 0 Å². The topological polar surface area (TPSA) is 37.5 Å². The molecule has 1 aliphatic heterocycles. The lowest BCUT2D eigenvalue weighted by atomic mass is 9.90. The van der Waals surface area contributed by atoms with Crippen LogP contribution in [-0.4, -0.2) is 12.8 Å². The van der Waals surface area contributed by atoms with Crippen molar-refractivity contribution in [2.24, 2.45) is 5.10 Å². The third kappa shape index (κ3) is 0.926. The molecule has 3 nitrogen and oxygen atoms in total. The van der Waals surface area contributed by atoms with Gasteiger partial charge in [0, 0.05) is 6.21 Å². The molecule has 0 fully saturated rings. The maximum Gasteiger partial charge on any atom is 0.116 e. The molecule has 0 aromatic carbocycles. The van der Waals surface area contributed by atoms with Crippen molar-refractivity contribution in [3.8, 4) is 0 Å². The highest BCUT2D eigenvalue weighted by atomic mass is 16.3. The van der Waals surface area contributed by atoms with E-state index in [0.717, 1.165) is 12.3 Å². The monoisotopic (exact) mass is 150 g/mol. The van der Waals surface area contributed by atoms with E-state index in [1.807, 2.05) is 18.3 Å². The van der Waals surface area contributed by atoms with E-state index in [4.69, 9.17) is 4.42 Å². The molecule has 0 saturated heterocycles. The van der Waals surface area contributed by atoms with E-state index in [1.165, 1.54) is 0 Å². The molecule has 1 aromatic heterocycles. The van der Waals surface area contributed by atoms with Crippen LogP contribution in [0, 0.1) is 0 Å². The standard InChI is InChI=1S/C8H10N2O/c1-8(5-9-10-6-8)7-3-2-4-11-7/h2-5,10H,6H2,1H3. The average molecular weight is 150 g/mol. The van der Waals surface area contributed by atoms with Gasteiger partial charge in [0.2, 0.25) is 0 Å². The van der Waals surface area contributed by atoms with Gasteiger partial charge in [0.1, 0.15) is 5.76 Å². The number of nitrogens with one attached hydrogen (secondary N) is 1. The minimum absolute atomic E-state index is 0.0521. The molecule has 0 bridgehead atoms. The highest BCUT2D eigenvalue weighted by Gasteiger charge is 2.30. The van der Waals surface area contributed by atoms with Gasteiger partial charge >= 0.3 is 0 Å². The molecular weight excluding hydrogens is 140 g/mol. The molecule has 1 aliphatic rings. The lowest BCUT2D eigenvalue weighted by Gasteiger charge is -2.14. The van der Waals surface area contributed by atoms with Gasteiger partial charge in [-0.1, -0.05) is 0 Å². The van der Waals surface area contributed by atoms with Crippen LogP contribution in [0.2, 0.25) is 0 Å². The number of hydrogen-bond acceptors (Lipinski definition) is 3. The largest absolute Gasteiger partial charge is 0.468 e. The molecule has 0 spiro atoms. The molecule has 2 rings (SSSR count). The van der Waals surface area contributed by atoms with Gasteiger partial charge in [0.05, 0.1) is 18.2 Å². The van der Waals surface area contributed by atoms with E-state index >= 15 is 0 Å². The van der Waals surface area contributed by atoms with E-state index in [2.05, 4.69) is 17.5 Å². The zero-order valence-electron chi connectivity index (χ0n) is 6.37. The number of rotatable bonds is 1. The molecule has 2 heterocycles. The summed E-state index contributed by atoms with van der Waals surface area (Å²) in [7, 11) is 0. The Morgan fingerprint density at radius 2 is 2.64 bits per heavy atom. The van der Waals surface area contributed by atoms with Gasteiger partial charge in [-0.2, -0.15) is 5.10 Å². The second kappa shape index (κ2) is 2.12. The highest BCUT2D eigenvalue weighted by Crippen LogP contribution is 2.23. The van der Waals surface area contributed by atoms with Crippen molar-refractivity contribution < 1.29 is 4.42 Å². The van der Waals surface area contributed by atoms with E-state index in [0.29, 0.717) is 0 Å². The molecular formula is C8H10N2O. The summed E-state index contributed by atoms with van der Waals surface area (Å²) in [4.78, 5) is 0. The number of hydrogen-bond donors (Lipinski definition) is 1. The van der Waals surface area contributed by atoms with Gasteiger partial charge in [0.15, 0.2) is 0 Å². The van der Waals surface area contributed by atoms with Gasteiger partial charge in [-0.15, -0.1) is 0 Å². The molecule has 3 heteroatoms. The first-order valence-corrected chi connectivity index (χ1v) is 3.62. The zero-order valence-corrected chi connectivity index (χ0v) is 6.37. The van der Waals surface area contributed by atoms with E-state index in [1.54, 1.807) is 6.26 Å². The van der Waals surface area contributed by atoms with Crippen molar-refractivity contribution in [2.45, 2.75) is 12.3 Å². The Morgan fingerprint density at radius 3 is 3.18 bits per heavy atom. The molecule has 58 valence electrons. The predicted octanol–water partition coefficient (Wildman–Crippen LogP) is 1.13. The van der Waals surface area contributed by atoms with Gasteiger partial charge in [0.25, 0.3) is 0 Å². The van der Waals surface area contributed by atoms with Crippen molar-refractivity contribution in [3.63, 3.8) is 0 Å². The van der Waals surface area contributed by atoms with E-state index < -0.39 is 0 Å². The zero-order chi connectivity index (χ0) is 7.73. The third-order valence-electron chi connectivity index (χ3n) is 1.97. The van der Waals surface area contributed by atoms with Gasteiger partial charge in [-0.05, 0) is 19.1 Å². The molecule has 1 N–H and O–H groups in total. The molecule has 0 radical (unpaired) electrons. The van der Waals surface area contributed by atoms with Crippen molar-refractivity contribution in [1.82, 2.24) is 5.43 Å². The Labute approximate surface area is 65.1 Å². The maximum absolute atomic E-state index is 5.29. The Kier molecular flexibility index (Phi) is 1.24. The van der Waals surface area contributed by atoms with E-state index in [9.17, 15) is 0 Å². The quantitative estimate of drug-likeness (QED) is 0.651. The minimum Gasteiger partial charge on any atom is -0.468 e. The molecule has 0 aliphatic carbocycles. The summed E-state index contributed by atoms with van der Waals surface area (Å²) in [6.45, 7) is 2.91.